The number of hydrogen-bond donors (Lipinski definition) is 1. The summed E-state index contributed by atoms with van der Waals surface area (Å²) in [6.07, 6.45) is 3.29. The number of pyridine rings is 1. The molecule has 2 aliphatic heterocycles. The van der Waals surface area contributed by atoms with Crippen LogP contribution in [0, 0.1) is 5.41 Å². The predicted octanol–water partition coefficient (Wildman–Crippen LogP) is 3.08. The lowest BCUT2D eigenvalue weighted by molar-refractivity contribution is 0.156. The van der Waals surface area contributed by atoms with E-state index in [2.05, 4.69) is 39.5 Å². The quantitative estimate of drug-likeness (QED) is 0.429. The molecule has 1 N–H and O–H groups in total. The average Bonchev–Trinajstić information content (AvgIpc) is 3.29. The number of nitrogens with zero attached hydrogens (tertiary/aromatic N) is 3. The van der Waals surface area contributed by atoms with Crippen LogP contribution in [0.15, 0.2) is 41.4 Å². The van der Waals surface area contributed by atoms with E-state index in [1.54, 1.807) is 0 Å². The van der Waals surface area contributed by atoms with Crippen LogP contribution in [0.1, 0.15) is 18.5 Å². The zero-order valence-electron chi connectivity index (χ0n) is 15.3. The van der Waals surface area contributed by atoms with Gasteiger partial charge in [0.15, 0.2) is 5.96 Å². The summed E-state index contributed by atoms with van der Waals surface area (Å²) in [5.41, 5.74) is 2.54. The Balaban J connectivity index is 0.00000196. The van der Waals surface area contributed by atoms with Crippen molar-refractivity contribution in [3.05, 3.63) is 42.1 Å². The van der Waals surface area contributed by atoms with Crippen LogP contribution in [0.25, 0.3) is 10.9 Å². The number of para-hydroxylation sites is 1. The van der Waals surface area contributed by atoms with Crippen molar-refractivity contribution in [2.45, 2.75) is 19.3 Å². The normalized spacial score (nSPS) is 22.8. The molecule has 1 spiro atoms. The fourth-order valence-electron chi connectivity index (χ4n) is 3.97. The number of halogens is 1. The second kappa shape index (κ2) is 8.52. The highest BCUT2D eigenvalue weighted by Gasteiger charge is 2.42. The van der Waals surface area contributed by atoms with Crippen molar-refractivity contribution in [1.29, 1.82) is 0 Å². The van der Waals surface area contributed by atoms with Crippen LogP contribution in [0.2, 0.25) is 0 Å². The third kappa shape index (κ3) is 4.11. The third-order valence-electron chi connectivity index (χ3n) is 5.45. The van der Waals surface area contributed by atoms with E-state index in [4.69, 9.17) is 9.72 Å². The molecule has 1 aromatic carbocycles. The molecule has 1 aromatic heterocycles. The fourth-order valence-corrected chi connectivity index (χ4v) is 3.97. The van der Waals surface area contributed by atoms with Crippen molar-refractivity contribution in [3.63, 3.8) is 0 Å². The van der Waals surface area contributed by atoms with Gasteiger partial charge in [-0.15, -0.1) is 24.0 Å². The van der Waals surface area contributed by atoms with Gasteiger partial charge in [0.2, 0.25) is 0 Å². The van der Waals surface area contributed by atoms with Gasteiger partial charge in [-0.1, -0.05) is 24.3 Å². The van der Waals surface area contributed by atoms with Crippen LogP contribution in [0.4, 0.5) is 0 Å². The van der Waals surface area contributed by atoms with Crippen molar-refractivity contribution < 1.29 is 4.74 Å². The first-order valence-corrected chi connectivity index (χ1v) is 9.16. The highest BCUT2D eigenvalue weighted by molar-refractivity contribution is 14.0. The first-order valence-electron chi connectivity index (χ1n) is 9.16. The van der Waals surface area contributed by atoms with Crippen molar-refractivity contribution in [2.75, 3.05) is 39.9 Å². The summed E-state index contributed by atoms with van der Waals surface area (Å²) < 4.78 is 5.62. The van der Waals surface area contributed by atoms with Crippen LogP contribution in [0.3, 0.4) is 0 Å². The number of benzene rings is 1. The molecule has 1 atom stereocenters. The number of nitrogens with one attached hydrogen (secondary N) is 1. The number of likely N-dealkylation sites (tertiary alicyclic amines) is 1. The molecule has 5 nitrogen and oxygen atoms in total. The lowest BCUT2D eigenvalue weighted by atomic mass is 9.87. The summed E-state index contributed by atoms with van der Waals surface area (Å²) in [6.45, 7) is 4.78. The monoisotopic (exact) mass is 466 g/mol. The first kappa shape index (κ1) is 19.4. The van der Waals surface area contributed by atoms with E-state index in [-0.39, 0.29) is 24.0 Å². The van der Waals surface area contributed by atoms with Gasteiger partial charge in [-0.05, 0) is 25.0 Å². The number of rotatable bonds is 3. The summed E-state index contributed by atoms with van der Waals surface area (Å²) in [5.74, 6) is 1.00. The highest BCUT2D eigenvalue weighted by Crippen LogP contribution is 2.38. The van der Waals surface area contributed by atoms with Crippen molar-refractivity contribution in [3.8, 4) is 0 Å². The van der Waals surface area contributed by atoms with Gasteiger partial charge in [0.25, 0.3) is 0 Å². The molecule has 0 radical (unpaired) electrons. The molecule has 2 fully saturated rings. The smallest absolute Gasteiger partial charge is 0.193 e. The van der Waals surface area contributed by atoms with Crippen molar-refractivity contribution in [1.82, 2.24) is 15.2 Å². The minimum atomic E-state index is 0. The molecule has 3 heterocycles. The third-order valence-corrected chi connectivity index (χ3v) is 5.45. The van der Waals surface area contributed by atoms with E-state index in [9.17, 15) is 0 Å². The van der Waals surface area contributed by atoms with Gasteiger partial charge in [-0.3, -0.25) is 9.98 Å². The number of aromatic nitrogens is 1. The molecule has 2 aliphatic rings. The van der Waals surface area contributed by atoms with Crippen LogP contribution in [-0.2, 0) is 11.2 Å². The molecule has 140 valence electrons. The van der Waals surface area contributed by atoms with Gasteiger partial charge >= 0.3 is 0 Å². The zero-order valence-corrected chi connectivity index (χ0v) is 17.6. The minimum Gasteiger partial charge on any atom is -0.381 e. The van der Waals surface area contributed by atoms with E-state index in [1.807, 2.05) is 19.2 Å². The Kier molecular flexibility index (Phi) is 6.34. The molecule has 0 aliphatic carbocycles. The van der Waals surface area contributed by atoms with E-state index in [1.165, 1.54) is 18.2 Å². The van der Waals surface area contributed by atoms with Crippen LogP contribution >= 0.6 is 24.0 Å². The summed E-state index contributed by atoms with van der Waals surface area (Å²) in [7, 11) is 1.87. The van der Waals surface area contributed by atoms with Gasteiger partial charge in [0, 0.05) is 56.2 Å². The Morgan fingerprint density at radius 2 is 2.15 bits per heavy atom. The van der Waals surface area contributed by atoms with E-state index in [0.717, 1.165) is 56.4 Å². The van der Waals surface area contributed by atoms with E-state index >= 15 is 0 Å². The second-order valence-electron chi connectivity index (χ2n) is 7.19. The van der Waals surface area contributed by atoms with Crippen LogP contribution < -0.4 is 5.32 Å². The lowest BCUT2D eigenvalue weighted by Gasteiger charge is -2.24. The summed E-state index contributed by atoms with van der Waals surface area (Å²) >= 11 is 0. The molecule has 0 saturated carbocycles. The Morgan fingerprint density at radius 3 is 2.96 bits per heavy atom. The predicted molar refractivity (Wildman–Crippen MR) is 116 cm³/mol. The minimum absolute atomic E-state index is 0. The molecule has 0 bridgehead atoms. The molecule has 4 rings (SSSR count). The Bertz CT molecular complexity index is 773. The number of aliphatic imine (C=N–C) groups is 1. The molecule has 0 amide bonds. The maximum Gasteiger partial charge on any atom is 0.193 e. The molecule has 2 aromatic rings. The fraction of sp³-hybridized carbons (Fsp3) is 0.500. The maximum atomic E-state index is 5.62. The molecular weight excluding hydrogens is 439 g/mol. The summed E-state index contributed by atoms with van der Waals surface area (Å²) in [4.78, 5) is 11.6. The topological polar surface area (TPSA) is 49.8 Å². The van der Waals surface area contributed by atoms with E-state index in [0.29, 0.717) is 5.41 Å². The molecule has 1 unspecified atom stereocenters. The zero-order chi connectivity index (χ0) is 17.1. The lowest BCUT2D eigenvalue weighted by Crippen LogP contribution is -2.42. The molecule has 6 heteroatoms. The highest BCUT2D eigenvalue weighted by atomic mass is 127. The van der Waals surface area contributed by atoms with Crippen LogP contribution in [-0.4, -0.2) is 55.7 Å². The van der Waals surface area contributed by atoms with Gasteiger partial charge < -0.3 is 15.0 Å². The molecule has 26 heavy (non-hydrogen) atoms. The molecule has 2 saturated heterocycles. The number of fused-ring (bicyclic) bond motifs is 1. The largest absolute Gasteiger partial charge is 0.381 e. The Morgan fingerprint density at radius 1 is 1.27 bits per heavy atom. The summed E-state index contributed by atoms with van der Waals surface area (Å²) in [6, 6.07) is 12.5. The van der Waals surface area contributed by atoms with Crippen LogP contribution in [0.5, 0.6) is 0 Å². The number of guanidine groups is 1. The number of ether oxygens (including phenoxy) is 1. The standard InChI is InChI=1S/C20H26N4O.HI/c1-21-19(24-12-9-20(14-24)10-13-25-15-20)22-11-8-17-7-6-16-4-2-3-5-18(16)23-17;/h2-7H,8-15H2,1H3,(H,21,22);1H. The van der Waals surface area contributed by atoms with Gasteiger partial charge in [-0.25, -0.2) is 0 Å². The Hall–Kier alpha value is -1.41. The average molecular weight is 466 g/mol. The molecular formula is C20H27IN4O. The SMILES string of the molecule is CN=C(NCCc1ccc2ccccc2n1)N1CCC2(CCOC2)C1.I. The van der Waals surface area contributed by atoms with Gasteiger partial charge in [0.1, 0.15) is 0 Å². The van der Waals surface area contributed by atoms with Crippen molar-refractivity contribution >= 4 is 40.8 Å². The van der Waals surface area contributed by atoms with Gasteiger partial charge in [-0.2, -0.15) is 0 Å². The van der Waals surface area contributed by atoms with Crippen molar-refractivity contribution in [2.24, 2.45) is 10.4 Å². The first-order chi connectivity index (χ1) is 12.3. The summed E-state index contributed by atoms with van der Waals surface area (Å²) in [5, 5.41) is 4.70. The number of hydrogen-bond acceptors (Lipinski definition) is 3. The second-order valence-corrected chi connectivity index (χ2v) is 7.19. The maximum absolute atomic E-state index is 5.62. The van der Waals surface area contributed by atoms with E-state index < -0.39 is 0 Å². The Labute approximate surface area is 172 Å². The van der Waals surface area contributed by atoms with Gasteiger partial charge in [0.05, 0.1) is 12.1 Å².